The van der Waals surface area contributed by atoms with Crippen molar-refractivity contribution in [1.82, 2.24) is 0 Å². The number of hydrogen-bond acceptors (Lipinski definition) is 3. The predicted octanol–water partition coefficient (Wildman–Crippen LogP) is 5.31. The first-order chi connectivity index (χ1) is 12.5. The molecule has 1 aromatic rings. The van der Waals surface area contributed by atoms with E-state index in [1.54, 1.807) is 0 Å². The van der Waals surface area contributed by atoms with Crippen LogP contribution in [0, 0.1) is 11.8 Å². The molecule has 1 aromatic carbocycles. The molecule has 144 valence electrons. The molecular formula is C23H35NO2. The van der Waals surface area contributed by atoms with Crippen LogP contribution >= 0.6 is 0 Å². The lowest BCUT2D eigenvalue weighted by molar-refractivity contribution is 0.118. The predicted molar refractivity (Wildman–Crippen MR) is 108 cm³/mol. The lowest BCUT2D eigenvalue weighted by Gasteiger charge is -2.27. The lowest BCUT2D eigenvalue weighted by Crippen LogP contribution is -2.16. The summed E-state index contributed by atoms with van der Waals surface area (Å²) in [6.07, 6.45) is 15.1. The summed E-state index contributed by atoms with van der Waals surface area (Å²) in [7, 11) is 0. The molecule has 0 heterocycles. The highest BCUT2D eigenvalue weighted by Crippen LogP contribution is 2.42. The normalized spacial score (nSPS) is 29.9. The molecule has 4 N–H and O–H groups in total. The molecule has 3 nitrogen and oxygen atoms in total. The van der Waals surface area contributed by atoms with Crippen molar-refractivity contribution in [3.8, 4) is 5.75 Å². The van der Waals surface area contributed by atoms with E-state index in [0.717, 1.165) is 68.4 Å². The van der Waals surface area contributed by atoms with Gasteiger partial charge in [0.25, 0.3) is 0 Å². The Morgan fingerprint density at radius 1 is 1.04 bits per heavy atom. The first-order valence-corrected chi connectivity index (χ1v) is 10.5. The van der Waals surface area contributed by atoms with Crippen LogP contribution in [0.1, 0.15) is 81.8 Å². The van der Waals surface area contributed by atoms with Gasteiger partial charge in [0, 0.05) is 0 Å². The van der Waals surface area contributed by atoms with Crippen LogP contribution in [-0.2, 0) is 6.42 Å². The van der Waals surface area contributed by atoms with Gasteiger partial charge in [0.1, 0.15) is 5.75 Å². The van der Waals surface area contributed by atoms with Gasteiger partial charge in [-0.1, -0.05) is 44.1 Å². The average Bonchev–Trinajstić information content (AvgIpc) is 2.64. The van der Waals surface area contributed by atoms with Crippen LogP contribution in [0.4, 0.5) is 5.69 Å². The van der Waals surface area contributed by atoms with E-state index >= 15 is 0 Å². The Morgan fingerprint density at radius 3 is 2.42 bits per heavy atom. The van der Waals surface area contributed by atoms with Gasteiger partial charge in [-0.3, -0.25) is 0 Å². The molecule has 2 aliphatic rings. The maximum atomic E-state index is 10.6. The fourth-order valence-corrected chi connectivity index (χ4v) is 4.61. The number of aliphatic hydroxyl groups excluding tert-OH is 1. The van der Waals surface area contributed by atoms with Gasteiger partial charge < -0.3 is 15.9 Å². The highest BCUT2D eigenvalue weighted by atomic mass is 16.3. The zero-order chi connectivity index (χ0) is 18.5. The number of nitrogen functional groups attached to an aromatic ring is 1. The molecule has 0 amide bonds. The summed E-state index contributed by atoms with van der Waals surface area (Å²) >= 11 is 0. The third kappa shape index (κ3) is 4.82. The molecule has 0 atom stereocenters. The molecule has 0 saturated heterocycles. The van der Waals surface area contributed by atoms with Gasteiger partial charge >= 0.3 is 0 Å². The van der Waals surface area contributed by atoms with E-state index in [-0.39, 0.29) is 6.10 Å². The number of allylic oxidation sites excluding steroid dienone is 2. The Bertz CT molecular complexity index is 609. The number of rotatable bonds is 5. The number of benzene rings is 1. The topological polar surface area (TPSA) is 66.5 Å². The zero-order valence-electron chi connectivity index (χ0n) is 16.2. The first kappa shape index (κ1) is 19.3. The van der Waals surface area contributed by atoms with Gasteiger partial charge in [-0.2, -0.15) is 0 Å². The van der Waals surface area contributed by atoms with Crippen molar-refractivity contribution >= 4 is 5.69 Å². The van der Waals surface area contributed by atoms with Crippen molar-refractivity contribution in [3.63, 3.8) is 0 Å². The number of phenols is 1. The Labute approximate surface area is 158 Å². The molecule has 2 fully saturated rings. The molecule has 2 aliphatic carbocycles. The van der Waals surface area contributed by atoms with Crippen molar-refractivity contribution in [2.45, 2.75) is 83.2 Å². The summed E-state index contributed by atoms with van der Waals surface area (Å²) in [6.45, 7) is 2.32. The molecule has 0 radical (unpaired) electrons. The molecule has 2 saturated carbocycles. The van der Waals surface area contributed by atoms with Crippen LogP contribution in [0.5, 0.6) is 5.75 Å². The third-order valence-corrected chi connectivity index (χ3v) is 6.52. The summed E-state index contributed by atoms with van der Waals surface area (Å²) < 4.78 is 0. The maximum Gasteiger partial charge on any atom is 0.142 e. The van der Waals surface area contributed by atoms with E-state index in [9.17, 15) is 10.2 Å². The highest BCUT2D eigenvalue weighted by molar-refractivity contribution is 5.62. The molecule has 26 heavy (non-hydrogen) atoms. The minimum absolute atomic E-state index is 0.0895. The van der Waals surface area contributed by atoms with Gasteiger partial charge in [-0.15, -0.1) is 0 Å². The molecule has 0 spiro atoms. The van der Waals surface area contributed by atoms with Crippen molar-refractivity contribution in [2.24, 2.45) is 11.8 Å². The van der Waals surface area contributed by atoms with Gasteiger partial charge in [-0.05, 0) is 80.2 Å². The van der Waals surface area contributed by atoms with E-state index < -0.39 is 0 Å². The molecule has 3 rings (SSSR count). The van der Waals surface area contributed by atoms with E-state index in [0.29, 0.717) is 23.3 Å². The number of aryl methyl sites for hydroxylation is 1. The minimum Gasteiger partial charge on any atom is -0.505 e. The van der Waals surface area contributed by atoms with Crippen LogP contribution in [0.15, 0.2) is 24.3 Å². The fraction of sp³-hybridized carbons (Fsp3) is 0.652. The van der Waals surface area contributed by atoms with Crippen molar-refractivity contribution in [3.05, 3.63) is 35.4 Å². The van der Waals surface area contributed by atoms with E-state index in [2.05, 4.69) is 31.2 Å². The monoisotopic (exact) mass is 357 g/mol. The van der Waals surface area contributed by atoms with Crippen LogP contribution in [0.3, 0.4) is 0 Å². The lowest BCUT2D eigenvalue weighted by atomic mass is 9.78. The average molecular weight is 358 g/mol. The number of hydrogen-bond donors (Lipinski definition) is 3. The minimum atomic E-state index is -0.0895. The van der Waals surface area contributed by atoms with Crippen LogP contribution in [0.25, 0.3) is 0 Å². The Morgan fingerprint density at radius 2 is 1.73 bits per heavy atom. The van der Waals surface area contributed by atoms with E-state index in [4.69, 9.17) is 5.73 Å². The first-order valence-electron chi connectivity index (χ1n) is 10.5. The standard InChI is InChI=1S/C23H35NO2/c1-16-6-10-18(11-7-16)21-15-12-19(22(24)23(21)26)5-3-2-4-17-8-13-20(25)14-9-17/h2,4,12,15-18,20,25-26H,3,5-11,13-14,24H2,1H3/b4-2+. The number of phenolic OH excluding ortho intramolecular Hbond substituents is 1. The summed E-state index contributed by atoms with van der Waals surface area (Å²) in [6, 6.07) is 4.22. The SMILES string of the molecule is CC1CCC(c2ccc(CC/C=C/C3CCC(O)CC3)c(N)c2O)CC1. The molecule has 0 aromatic heterocycles. The van der Waals surface area contributed by atoms with Gasteiger partial charge in [0.15, 0.2) is 0 Å². The van der Waals surface area contributed by atoms with Gasteiger partial charge in [0.05, 0.1) is 11.8 Å². The Kier molecular flexibility index (Phi) is 6.63. The Hall–Kier alpha value is -1.48. The van der Waals surface area contributed by atoms with Crippen molar-refractivity contribution in [1.29, 1.82) is 0 Å². The number of anilines is 1. The fourth-order valence-electron chi connectivity index (χ4n) is 4.61. The third-order valence-electron chi connectivity index (χ3n) is 6.52. The number of nitrogens with two attached hydrogens (primary N) is 1. The van der Waals surface area contributed by atoms with E-state index in [1.807, 2.05) is 0 Å². The van der Waals surface area contributed by atoms with Gasteiger partial charge in [0.2, 0.25) is 0 Å². The number of aromatic hydroxyl groups is 1. The summed E-state index contributed by atoms with van der Waals surface area (Å²) in [5, 5.41) is 20.2. The maximum absolute atomic E-state index is 10.6. The second-order valence-electron chi connectivity index (χ2n) is 8.57. The Balaban J connectivity index is 1.54. The molecular weight excluding hydrogens is 322 g/mol. The molecule has 0 aliphatic heterocycles. The molecule has 3 heteroatoms. The van der Waals surface area contributed by atoms with Gasteiger partial charge in [-0.25, -0.2) is 0 Å². The smallest absolute Gasteiger partial charge is 0.142 e. The molecule has 0 bridgehead atoms. The second-order valence-corrected chi connectivity index (χ2v) is 8.57. The van der Waals surface area contributed by atoms with Crippen LogP contribution < -0.4 is 5.73 Å². The number of aliphatic hydroxyl groups is 1. The van der Waals surface area contributed by atoms with E-state index in [1.165, 1.54) is 12.8 Å². The van der Waals surface area contributed by atoms with Crippen molar-refractivity contribution < 1.29 is 10.2 Å². The quantitative estimate of drug-likeness (QED) is 0.380. The second kappa shape index (κ2) is 8.94. The van der Waals surface area contributed by atoms with Crippen LogP contribution in [-0.4, -0.2) is 16.3 Å². The van der Waals surface area contributed by atoms with Crippen LogP contribution in [0.2, 0.25) is 0 Å². The largest absolute Gasteiger partial charge is 0.505 e. The summed E-state index contributed by atoms with van der Waals surface area (Å²) in [5.41, 5.74) is 8.94. The summed E-state index contributed by atoms with van der Waals surface area (Å²) in [4.78, 5) is 0. The summed E-state index contributed by atoms with van der Waals surface area (Å²) in [5.74, 6) is 2.21. The highest BCUT2D eigenvalue weighted by Gasteiger charge is 2.23. The molecule has 0 unspecified atom stereocenters. The van der Waals surface area contributed by atoms with Crippen molar-refractivity contribution in [2.75, 3.05) is 5.73 Å². The zero-order valence-corrected chi connectivity index (χ0v) is 16.2.